The Balaban J connectivity index is 1.25. The second kappa shape index (κ2) is 7.20. The van der Waals surface area contributed by atoms with E-state index in [1.54, 1.807) is 14.0 Å². The molecule has 28 heavy (non-hydrogen) atoms. The van der Waals surface area contributed by atoms with E-state index in [1.807, 2.05) is 18.3 Å². The highest BCUT2D eigenvalue weighted by atomic mass is 32.2. The van der Waals surface area contributed by atoms with Crippen LogP contribution in [0.15, 0.2) is 35.4 Å². The summed E-state index contributed by atoms with van der Waals surface area (Å²) in [5.41, 5.74) is 1.05. The van der Waals surface area contributed by atoms with Gasteiger partial charge in [0.05, 0.1) is 12.8 Å². The Morgan fingerprint density at radius 1 is 1.14 bits per heavy atom. The van der Waals surface area contributed by atoms with Gasteiger partial charge in [-0.15, -0.1) is 0 Å². The van der Waals surface area contributed by atoms with Crippen molar-refractivity contribution in [3.63, 3.8) is 0 Å². The van der Waals surface area contributed by atoms with Crippen LogP contribution in [0.5, 0.6) is 5.88 Å². The first-order chi connectivity index (χ1) is 13.3. The van der Waals surface area contributed by atoms with Crippen LogP contribution in [-0.2, 0) is 12.7 Å². The van der Waals surface area contributed by atoms with Gasteiger partial charge in [0.15, 0.2) is 0 Å². The maximum Gasteiger partial charge on any atom is 0.433 e. The molecule has 2 aromatic rings. The Morgan fingerprint density at radius 2 is 1.89 bits per heavy atom. The first kappa shape index (κ1) is 19.5. The van der Waals surface area contributed by atoms with Gasteiger partial charge in [0, 0.05) is 55.3 Å². The minimum atomic E-state index is -4.40. The summed E-state index contributed by atoms with van der Waals surface area (Å²) in [5.74, 6) is 0.614. The quantitative estimate of drug-likeness (QED) is 0.701. The molecule has 9 heteroatoms. The van der Waals surface area contributed by atoms with Crippen LogP contribution in [0.4, 0.5) is 13.2 Å². The third-order valence-electron chi connectivity index (χ3n) is 5.11. The zero-order valence-corrected chi connectivity index (χ0v) is 16.5. The number of aryl methyl sites for hydroxylation is 1. The fraction of sp³-hybridized carbons (Fsp3) is 0.474. The first-order valence-electron chi connectivity index (χ1n) is 8.95. The number of hydrogen-bond donors (Lipinski definition) is 0. The molecule has 1 spiro atoms. The second-order valence-electron chi connectivity index (χ2n) is 7.52. The monoisotopic (exact) mass is 410 g/mol. The normalized spacial score (nSPS) is 19.3. The number of halogens is 3. The summed E-state index contributed by atoms with van der Waals surface area (Å²) in [7, 11) is 1.60. The number of nitrogens with zero attached hydrogens (tertiary/aromatic N) is 4. The molecule has 0 atom stereocenters. The number of ether oxygens (including phenoxy) is 1. The largest absolute Gasteiger partial charge is 0.481 e. The smallest absolute Gasteiger partial charge is 0.433 e. The van der Waals surface area contributed by atoms with E-state index in [0.29, 0.717) is 17.0 Å². The number of pyridine rings is 2. The summed E-state index contributed by atoms with van der Waals surface area (Å²) in [6.07, 6.45) is -2.56. The fourth-order valence-electron chi connectivity index (χ4n) is 3.81. The van der Waals surface area contributed by atoms with Crippen molar-refractivity contribution in [3.05, 3.63) is 47.4 Å². The van der Waals surface area contributed by atoms with Crippen LogP contribution in [-0.4, -0.2) is 52.5 Å². The molecule has 2 aliphatic heterocycles. The molecule has 0 aliphatic carbocycles. The molecule has 0 N–H and O–H groups in total. The predicted octanol–water partition coefficient (Wildman–Crippen LogP) is 3.64. The first-order valence-corrected chi connectivity index (χ1v) is 9.73. The molecule has 4 heterocycles. The molecular weight excluding hydrogens is 389 g/mol. The van der Waals surface area contributed by atoms with E-state index < -0.39 is 11.9 Å². The van der Waals surface area contributed by atoms with Crippen LogP contribution in [0.1, 0.15) is 17.0 Å². The maximum absolute atomic E-state index is 12.7. The summed E-state index contributed by atoms with van der Waals surface area (Å²) in [6.45, 7) is 6.43. The van der Waals surface area contributed by atoms with Gasteiger partial charge in [-0.2, -0.15) is 13.2 Å². The van der Waals surface area contributed by atoms with Crippen LogP contribution in [0, 0.1) is 12.3 Å². The van der Waals surface area contributed by atoms with Crippen LogP contribution in [0.25, 0.3) is 0 Å². The van der Waals surface area contributed by atoms with Crippen molar-refractivity contribution >= 4 is 11.9 Å². The Bertz CT molecular complexity index is 845. The molecule has 0 saturated carbocycles. The Hall–Kier alpha value is -1.84. The number of rotatable bonds is 5. The zero-order chi connectivity index (χ0) is 19.9. The fourth-order valence-corrected chi connectivity index (χ4v) is 5.07. The van der Waals surface area contributed by atoms with E-state index in [1.165, 1.54) is 18.0 Å². The van der Waals surface area contributed by atoms with Gasteiger partial charge >= 0.3 is 6.18 Å². The molecule has 0 aromatic carbocycles. The lowest BCUT2D eigenvalue weighted by Gasteiger charge is -2.60. The lowest BCUT2D eigenvalue weighted by molar-refractivity contribution is -0.141. The molecule has 2 fully saturated rings. The summed E-state index contributed by atoms with van der Waals surface area (Å²) in [4.78, 5) is 11.1. The van der Waals surface area contributed by atoms with E-state index in [9.17, 15) is 13.2 Å². The van der Waals surface area contributed by atoms with Crippen molar-refractivity contribution < 1.29 is 17.9 Å². The van der Waals surface area contributed by atoms with Crippen molar-refractivity contribution in [3.8, 4) is 5.88 Å². The van der Waals surface area contributed by atoms with Crippen molar-refractivity contribution in [1.29, 1.82) is 0 Å². The van der Waals surface area contributed by atoms with Gasteiger partial charge in [-0.25, -0.2) is 14.3 Å². The molecule has 0 amide bonds. The van der Waals surface area contributed by atoms with Crippen LogP contribution in [0.3, 0.4) is 0 Å². The SMILES string of the molecule is COc1ccc(CN2CC3(C2)CN(Sc2ccc(C(F)(F)F)nc2C)C3)cn1. The third-order valence-corrected chi connectivity index (χ3v) is 6.25. The van der Waals surface area contributed by atoms with Crippen molar-refractivity contribution in [2.24, 2.45) is 5.41 Å². The molecule has 0 bridgehead atoms. The summed E-state index contributed by atoms with van der Waals surface area (Å²) >= 11 is 1.50. The molecule has 150 valence electrons. The third kappa shape index (κ3) is 3.97. The minimum Gasteiger partial charge on any atom is -0.481 e. The molecule has 0 unspecified atom stereocenters. The molecule has 4 rings (SSSR count). The molecule has 2 saturated heterocycles. The van der Waals surface area contributed by atoms with Gasteiger partial charge in [0.2, 0.25) is 5.88 Å². The van der Waals surface area contributed by atoms with Crippen molar-refractivity contribution in [1.82, 2.24) is 19.2 Å². The van der Waals surface area contributed by atoms with Crippen molar-refractivity contribution in [2.75, 3.05) is 33.3 Å². The number of methoxy groups -OCH3 is 1. The number of likely N-dealkylation sites (tertiary alicyclic amines) is 1. The zero-order valence-electron chi connectivity index (χ0n) is 15.7. The van der Waals surface area contributed by atoms with E-state index in [2.05, 4.69) is 19.2 Å². The average Bonchev–Trinajstić information content (AvgIpc) is 2.59. The van der Waals surface area contributed by atoms with E-state index >= 15 is 0 Å². The second-order valence-corrected chi connectivity index (χ2v) is 8.66. The van der Waals surface area contributed by atoms with Crippen LogP contribution >= 0.6 is 11.9 Å². The highest BCUT2D eigenvalue weighted by Gasteiger charge is 2.51. The van der Waals surface area contributed by atoms with E-state index in [-0.39, 0.29) is 0 Å². The topological polar surface area (TPSA) is 41.5 Å². The van der Waals surface area contributed by atoms with Crippen LogP contribution in [0.2, 0.25) is 0 Å². The number of alkyl halides is 3. The molecule has 2 aromatic heterocycles. The number of hydrogen-bond acceptors (Lipinski definition) is 6. The van der Waals surface area contributed by atoms with Crippen molar-refractivity contribution in [2.45, 2.75) is 24.5 Å². The predicted molar refractivity (Wildman–Crippen MR) is 99.9 cm³/mol. The van der Waals surface area contributed by atoms with Gasteiger partial charge in [-0.1, -0.05) is 6.07 Å². The molecule has 5 nitrogen and oxygen atoms in total. The van der Waals surface area contributed by atoms with E-state index in [4.69, 9.17) is 4.74 Å². The highest BCUT2D eigenvalue weighted by Crippen LogP contribution is 2.45. The van der Waals surface area contributed by atoms with Gasteiger partial charge in [-0.05, 0) is 36.6 Å². The van der Waals surface area contributed by atoms with E-state index in [0.717, 1.165) is 49.2 Å². The average molecular weight is 410 g/mol. The minimum absolute atomic E-state index is 0.306. The maximum atomic E-state index is 12.7. The lowest BCUT2D eigenvalue weighted by Crippen LogP contribution is -2.70. The molecule has 2 aliphatic rings. The van der Waals surface area contributed by atoms with Gasteiger partial charge in [0.1, 0.15) is 5.69 Å². The standard InChI is InChI=1S/C19H21F3N4OS/c1-13-15(4-5-16(24-13)19(20,21)22)28-26-11-18(12-26)9-25(10-18)8-14-3-6-17(27-2)23-7-14/h3-7H,8-12H2,1-2H3. The molecule has 0 radical (unpaired) electrons. The molecular formula is C19H21F3N4OS. The summed E-state index contributed by atoms with van der Waals surface area (Å²) in [5, 5.41) is 0. The van der Waals surface area contributed by atoms with Gasteiger partial charge < -0.3 is 4.74 Å². The Morgan fingerprint density at radius 3 is 2.46 bits per heavy atom. The lowest BCUT2D eigenvalue weighted by atomic mass is 9.74. The highest BCUT2D eigenvalue weighted by molar-refractivity contribution is 7.97. The van der Waals surface area contributed by atoms with Gasteiger partial charge in [-0.3, -0.25) is 4.90 Å². The summed E-state index contributed by atoms with van der Waals surface area (Å²) in [6, 6.07) is 6.47. The number of aromatic nitrogens is 2. The Kier molecular flexibility index (Phi) is 5.01. The Labute approximate surface area is 166 Å². The summed E-state index contributed by atoms with van der Waals surface area (Å²) < 4.78 is 45.5. The van der Waals surface area contributed by atoms with Gasteiger partial charge in [0.25, 0.3) is 0 Å². The van der Waals surface area contributed by atoms with Crippen LogP contribution < -0.4 is 4.74 Å².